The first-order chi connectivity index (χ1) is 13.1. The highest BCUT2D eigenvalue weighted by Crippen LogP contribution is 2.25. The first kappa shape index (κ1) is 18.1. The van der Waals surface area contributed by atoms with Crippen LogP contribution in [0.3, 0.4) is 0 Å². The molecule has 142 valence electrons. The number of benzene rings is 2. The third-order valence-electron chi connectivity index (χ3n) is 4.92. The van der Waals surface area contributed by atoms with Crippen molar-refractivity contribution in [3.63, 3.8) is 0 Å². The van der Waals surface area contributed by atoms with Gasteiger partial charge in [0, 0.05) is 30.7 Å². The molecule has 0 radical (unpaired) electrons. The van der Waals surface area contributed by atoms with Gasteiger partial charge in [-0.1, -0.05) is 11.6 Å². The Bertz CT molecular complexity index is 934. The van der Waals surface area contributed by atoms with Gasteiger partial charge in [-0.25, -0.2) is 9.30 Å². The molecule has 0 unspecified atom stereocenters. The average Bonchev–Trinajstić information content (AvgIpc) is 2.94. The number of rotatable bonds is 5. The fourth-order valence-corrected chi connectivity index (χ4v) is 3.56. The molecule has 2 aromatic carbocycles. The van der Waals surface area contributed by atoms with Gasteiger partial charge >= 0.3 is 0 Å². The van der Waals surface area contributed by atoms with Gasteiger partial charge in [0.2, 0.25) is 0 Å². The van der Waals surface area contributed by atoms with E-state index < -0.39 is 0 Å². The summed E-state index contributed by atoms with van der Waals surface area (Å²) in [5.41, 5.74) is 2.27. The lowest BCUT2D eigenvalue weighted by atomic mass is 10.2. The molecule has 1 saturated heterocycles. The number of halogens is 1. The van der Waals surface area contributed by atoms with Crippen molar-refractivity contribution in [3.05, 3.63) is 52.7 Å². The molecule has 0 atom stereocenters. The van der Waals surface area contributed by atoms with Crippen molar-refractivity contribution in [1.82, 2.24) is 9.47 Å². The van der Waals surface area contributed by atoms with E-state index in [1.807, 2.05) is 35.9 Å². The van der Waals surface area contributed by atoms with Crippen LogP contribution in [0.5, 0.6) is 5.75 Å². The van der Waals surface area contributed by atoms with Crippen LogP contribution in [0.15, 0.2) is 42.5 Å². The van der Waals surface area contributed by atoms with E-state index in [1.54, 1.807) is 18.2 Å². The topological polar surface area (TPSA) is 53.6 Å². The van der Waals surface area contributed by atoms with Gasteiger partial charge in [-0.3, -0.25) is 4.90 Å². The Morgan fingerprint density at radius 1 is 1.15 bits per heavy atom. The zero-order chi connectivity index (χ0) is 18.8. The number of nitrogens with zero attached hydrogens (tertiary/aromatic N) is 3. The number of aryl methyl sites for hydroxylation is 1. The second-order valence-corrected chi connectivity index (χ2v) is 7.07. The highest BCUT2D eigenvalue weighted by molar-refractivity contribution is 6.30. The molecule has 0 spiro atoms. The Balaban J connectivity index is 1.55. The molecule has 1 fully saturated rings. The summed E-state index contributed by atoms with van der Waals surface area (Å²) in [5, 5.41) is 13.5. The number of morpholine rings is 1. The molecule has 1 aromatic heterocycles. The molecule has 1 aliphatic heterocycles. The van der Waals surface area contributed by atoms with Gasteiger partial charge in [0.15, 0.2) is 11.0 Å². The summed E-state index contributed by atoms with van der Waals surface area (Å²) in [5.74, 6) is 1.28. The van der Waals surface area contributed by atoms with E-state index in [2.05, 4.69) is 4.90 Å². The summed E-state index contributed by atoms with van der Waals surface area (Å²) in [7, 11) is 1.89. The predicted molar refractivity (Wildman–Crippen MR) is 105 cm³/mol. The van der Waals surface area contributed by atoms with Crippen LogP contribution in [0, 0.1) is 5.21 Å². The van der Waals surface area contributed by atoms with Crippen molar-refractivity contribution in [2.24, 2.45) is 7.05 Å². The maximum absolute atomic E-state index is 12.9. The van der Waals surface area contributed by atoms with Gasteiger partial charge in [0.1, 0.15) is 12.4 Å². The number of hydrogen-bond donors (Lipinski definition) is 0. The zero-order valence-electron chi connectivity index (χ0n) is 15.2. The van der Waals surface area contributed by atoms with Crippen molar-refractivity contribution < 1.29 is 14.2 Å². The van der Waals surface area contributed by atoms with Crippen LogP contribution in [-0.4, -0.2) is 48.9 Å². The van der Waals surface area contributed by atoms with Gasteiger partial charge in [-0.05, 0) is 36.4 Å². The van der Waals surface area contributed by atoms with Gasteiger partial charge in [-0.2, -0.15) is 0 Å². The molecular formula is C20H22ClN3O3. The summed E-state index contributed by atoms with van der Waals surface area (Å²) in [6.07, 6.45) is 0. The van der Waals surface area contributed by atoms with Crippen molar-refractivity contribution in [2.75, 3.05) is 39.5 Å². The zero-order valence-corrected chi connectivity index (χ0v) is 16.0. The molecule has 2 heterocycles. The fraction of sp³-hybridized carbons (Fsp3) is 0.350. The lowest BCUT2D eigenvalue weighted by Crippen LogP contribution is -2.38. The summed E-state index contributed by atoms with van der Waals surface area (Å²) >= 11 is 5.96. The number of aromatic nitrogens is 2. The summed E-state index contributed by atoms with van der Waals surface area (Å²) in [6, 6.07) is 12.9. The third-order valence-corrected chi connectivity index (χ3v) is 5.17. The molecule has 7 heteroatoms. The highest BCUT2D eigenvalue weighted by Gasteiger charge is 2.21. The van der Waals surface area contributed by atoms with E-state index in [4.69, 9.17) is 21.1 Å². The minimum atomic E-state index is 0.576. The van der Waals surface area contributed by atoms with Crippen LogP contribution < -0.4 is 9.47 Å². The van der Waals surface area contributed by atoms with Crippen LogP contribution in [0.4, 0.5) is 0 Å². The predicted octanol–water partition coefficient (Wildman–Crippen LogP) is 2.84. The summed E-state index contributed by atoms with van der Waals surface area (Å²) in [4.78, 5) is 2.32. The van der Waals surface area contributed by atoms with Gasteiger partial charge < -0.3 is 14.7 Å². The molecule has 3 aromatic rings. The van der Waals surface area contributed by atoms with Crippen LogP contribution >= 0.6 is 11.6 Å². The van der Waals surface area contributed by atoms with Crippen LogP contribution in [0.1, 0.15) is 0 Å². The monoisotopic (exact) mass is 387 g/mol. The number of ether oxygens (including phenoxy) is 2. The maximum atomic E-state index is 12.9. The number of hydrogen-bond acceptors (Lipinski definition) is 4. The Morgan fingerprint density at radius 2 is 1.89 bits per heavy atom. The first-order valence-corrected chi connectivity index (χ1v) is 9.42. The van der Waals surface area contributed by atoms with Crippen LogP contribution in [-0.2, 0) is 11.8 Å². The van der Waals surface area contributed by atoms with E-state index in [0.29, 0.717) is 28.7 Å². The Kier molecular flexibility index (Phi) is 5.20. The van der Waals surface area contributed by atoms with E-state index in [9.17, 15) is 5.21 Å². The Hall–Kier alpha value is -2.28. The van der Waals surface area contributed by atoms with Crippen LogP contribution in [0.2, 0.25) is 5.02 Å². The molecular weight excluding hydrogens is 366 g/mol. The largest absolute Gasteiger partial charge is 0.710 e. The third kappa shape index (κ3) is 3.74. The lowest BCUT2D eigenvalue weighted by molar-refractivity contribution is -0.565. The highest BCUT2D eigenvalue weighted by atomic mass is 35.5. The standard InChI is InChI=1S/C20H22ClN3O3/c1-22-18-7-6-17(27-13-10-23-8-11-26-12-9-23)14-19(18)24(25)20(22)15-2-4-16(21)5-3-15/h2-7,14H,8-13H2,1H3. The number of fused-ring (bicyclic) bond motifs is 1. The lowest BCUT2D eigenvalue weighted by Gasteiger charge is -2.26. The smallest absolute Gasteiger partial charge is 0.292 e. The quantitative estimate of drug-likeness (QED) is 0.499. The fourth-order valence-electron chi connectivity index (χ4n) is 3.43. The van der Waals surface area contributed by atoms with Crippen molar-refractivity contribution in [2.45, 2.75) is 0 Å². The molecule has 6 nitrogen and oxygen atoms in total. The summed E-state index contributed by atoms with van der Waals surface area (Å²) < 4.78 is 14.1. The van der Waals surface area contributed by atoms with Gasteiger partial charge in [0.25, 0.3) is 5.82 Å². The van der Waals surface area contributed by atoms with E-state index >= 15 is 0 Å². The minimum absolute atomic E-state index is 0.576. The van der Waals surface area contributed by atoms with Gasteiger partial charge in [0.05, 0.1) is 25.8 Å². The Labute approximate surface area is 163 Å². The van der Waals surface area contributed by atoms with E-state index in [-0.39, 0.29) is 0 Å². The van der Waals surface area contributed by atoms with E-state index in [1.165, 1.54) is 0 Å². The molecule has 0 N–H and O–H groups in total. The molecule has 0 aliphatic carbocycles. The van der Waals surface area contributed by atoms with Gasteiger partial charge in [-0.15, -0.1) is 0 Å². The Morgan fingerprint density at radius 3 is 2.63 bits per heavy atom. The maximum Gasteiger partial charge on any atom is 0.292 e. The second-order valence-electron chi connectivity index (χ2n) is 6.64. The average molecular weight is 388 g/mol. The molecule has 0 saturated carbocycles. The molecule has 4 rings (SSSR count). The minimum Gasteiger partial charge on any atom is -0.710 e. The SMILES string of the molecule is Cn1c(-c2ccc(Cl)cc2)[n+]([O-])c2cc(OCCN3CCOCC3)ccc21. The molecule has 27 heavy (non-hydrogen) atoms. The van der Waals surface area contributed by atoms with Crippen molar-refractivity contribution in [1.29, 1.82) is 0 Å². The van der Waals surface area contributed by atoms with Crippen molar-refractivity contribution >= 4 is 22.6 Å². The molecule has 0 bridgehead atoms. The normalized spacial score (nSPS) is 15.3. The summed E-state index contributed by atoms with van der Waals surface area (Å²) in [6.45, 7) is 4.86. The number of imidazole rings is 1. The van der Waals surface area contributed by atoms with Crippen molar-refractivity contribution in [3.8, 4) is 17.1 Å². The van der Waals surface area contributed by atoms with Crippen LogP contribution in [0.25, 0.3) is 22.4 Å². The second kappa shape index (κ2) is 7.76. The molecule has 1 aliphatic rings. The first-order valence-electron chi connectivity index (χ1n) is 9.04. The molecule has 0 amide bonds. The van der Waals surface area contributed by atoms with E-state index in [0.717, 1.165) is 48.7 Å².